The van der Waals surface area contributed by atoms with Crippen LogP contribution in [0.3, 0.4) is 0 Å². The average molecular weight is 365 g/mol. The molecular formula is C21H36N2O3. The molecule has 0 aliphatic rings. The molecule has 0 saturated carbocycles. The maximum Gasteiger partial charge on any atom is 0.256 e. The van der Waals surface area contributed by atoms with Crippen LogP contribution in [0.2, 0.25) is 0 Å². The van der Waals surface area contributed by atoms with Gasteiger partial charge in [0.2, 0.25) is 0 Å². The Bertz CT molecular complexity index is 516. The molecule has 1 N–H and O–H groups in total. The Kier molecular flexibility index (Phi) is 10.3. The van der Waals surface area contributed by atoms with Crippen molar-refractivity contribution in [2.75, 3.05) is 39.2 Å². The second kappa shape index (κ2) is 11.9. The van der Waals surface area contributed by atoms with E-state index in [-0.39, 0.29) is 5.91 Å². The third kappa shape index (κ3) is 8.19. The molecule has 1 aromatic rings. The van der Waals surface area contributed by atoms with Crippen LogP contribution in [-0.4, -0.2) is 50.3 Å². The molecule has 0 aliphatic carbocycles. The number of carbonyl (C=O) groups is 1. The summed E-state index contributed by atoms with van der Waals surface area (Å²) in [7, 11) is 4.10. The van der Waals surface area contributed by atoms with E-state index in [0.29, 0.717) is 13.2 Å². The second-order valence-electron chi connectivity index (χ2n) is 7.10. The molecular weight excluding hydrogens is 328 g/mol. The Morgan fingerprint density at radius 3 is 2.38 bits per heavy atom. The van der Waals surface area contributed by atoms with Gasteiger partial charge in [0.15, 0.2) is 0 Å². The van der Waals surface area contributed by atoms with E-state index < -0.39 is 5.60 Å². The van der Waals surface area contributed by atoms with Crippen LogP contribution in [0.15, 0.2) is 24.3 Å². The number of ether oxygens (including phenoxy) is 2. The summed E-state index contributed by atoms with van der Waals surface area (Å²) in [5, 5.41) is 2.98. The van der Waals surface area contributed by atoms with E-state index in [1.807, 2.05) is 38.1 Å². The third-order valence-corrected chi connectivity index (χ3v) is 4.33. The summed E-state index contributed by atoms with van der Waals surface area (Å²) in [6.07, 6.45) is 4.93. The van der Waals surface area contributed by atoms with Gasteiger partial charge in [-0.25, -0.2) is 0 Å². The van der Waals surface area contributed by atoms with Crippen molar-refractivity contribution in [1.82, 2.24) is 4.90 Å². The number of rotatable bonds is 13. The zero-order valence-corrected chi connectivity index (χ0v) is 17.1. The topological polar surface area (TPSA) is 50.8 Å². The molecule has 0 unspecified atom stereocenters. The molecule has 1 rings (SSSR count). The van der Waals surface area contributed by atoms with Gasteiger partial charge in [0.05, 0.1) is 6.61 Å². The predicted octanol–water partition coefficient (Wildman–Crippen LogP) is 4.33. The van der Waals surface area contributed by atoms with E-state index in [4.69, 9.17) is 9.47 Å². The zero-order chi connectivity index (χ0) is 19.4. The maximum atomic E-state index is 12.7. The van der Waals surface area contributed by atoms with Gasteiger partial charge in [-0.1, -0.05) is 26.2 Å². The highest BCUT2D eigenvalue weighted by Crippen LogP contribution is 2.23. The van der Waals surface area contributed by atoms with Crippen molar-refractivity contribution >= 4 is 11.6 Å². The molecule has 1 aromatic carbocycles. The molecule has 26 heavy (non-hydrogen) atoms. The molecule has 0 fully saturated rings. The van der Waals surface area contributed by atoms with Crippen molar-refractivity contribution in [3.63, 3.8) is 0 Å². The molecule has 0 spiro atoms. The standard InChI is InChI=1S/C21H36N2O3/c1-6-8-9-15-21(3,26-7-2)20(24)22-18-11-13-19(14-12-18)25-17-10-16-23(4)5/h11-14H,6-10,15-17H2,1-5H3,(H,22,24)/t21-/m0/s1. The van der Waals surface area contributed by atoms with E-state index in [1.54, 1.807) is 0 Å². The van der Waals surface area contributed by atoms with E-state index in [1.165, 1.54) is 0 Å². The van der Waals surface area contributed by atoms with Crippen molar-refractivity contribution in [2.24, 2.45) is 0 Å². The Balaban J connectivity index is 2.55. The van der Waals surface area contributed by atoms with Gasteiger partial charge < -0.3 is 19.7 Å². The number of unbranched alkanes of at least 4 members (excludes halogenated alkanes) is 2. The number of hydrogen-bond acceptors (Lipinski definition) is 4. The fraction of sp³-hybridized carbons (Fsp3) is 0.667. The first kappa shape index (κ1) is 22.5. The van der Waals surface area contributed by atoms with E-state index >= 15 is 0 Å². The molecule has 0 heterocycles. The van der Waals surface area contributed by atoms with Crippen LogP contribution in [0, 0.1) is 0 Å². The van der Waals surface area contributed by atoms with Gasteiger partial charge in [-0.2, -0.15) is 0 Å². The van der Waals surface area contributed by atoms with Gasteiger partial charge >= 0.3 is 0 Å². The molecule has 0 bridgehead atoms. The van der Waals surface area contributed by atoms with Gasteiger partial charge in [0.1, 0.15) is 11.4 Å². The highest BCUT2D eigenvalue weighted by molar-refractivity contribution is 5.97. The van der Waals surface area contributed by atoms with E-state index in [9.17, 15) is 4.79 Å². The van der Waals surface area contributed by atoms with Gasteiger partial charge in [-0.3, -0.25) is 4.79 Å². The average Bonchev–Trinajstić information content (AvgIpc) is 2.60. The molecule has 1 atom stereocenters. The van der Waals surface area contributed by atoms with Crippen molar-refractivity contribution in [3.8, 4) is 5.75 Å². The molecule has 0 aromatic heterocycles. The summed E-state index contributed by atoms with van der Waals surface area (Å²) >= 11 is 0. The van der Waals surface area contributed by atoms with Crippen LogP contribution in [0.5, 0.6) is 5.75 Å². The van der Waals surface area contributed by atoms with E-state index in [0.717, 1.165) is 50.1 Å². The number of carbonyl (C=O) groups excluding carboxylic acids is 1. The number of benzene rings is 1. The number of hydrogen-bond donors (Lipinski definition) is 1. The maximum absolute atomic E-state index is 12.7. The van der Waals surface area contributed by atoms with Gasteiger partial charge in [0, 0.05) is 18.8 Å². The first-order chi connectivity index (χ1) is 12.4. The summed E-state index contributed by atoms with van der Waals surface area (Å²) in [6.45, 7) is 8.17. The van der Waals surface area contributed by atoms with Crippen LogP contribution in [0.1, 0.15) is 52.9 Å². The fourth-order valence-electron chi connectivity index (χ4n) is 2.75. The summed E-state index contributed by atoms with van der Waals surface area (Å²) in [5.74, 6) is 0.729. The second-order valence-corrected chi connectivity index (χ2v) is 7.10. The Morgan fingerprint density at radius 2 is 1.81 bits per heavy atom. The molecule has 0 saturated heterocycles. The minimum Gasteiger partial charge on any atom is -0.494 e. The SMILES string of the molecule is CCCCC[C@](C)(OCC)C(=O)Nc1ccc(OCCCN(C)C)cc1. The van der Waals surface area contributed by atoms with Crippen LogP contribution in [0.25, 0.3) is 0 Å². The monoisotopic (exact) mass is 364 g/mol. The van der Waals surface area contributed by atoms with E-state index in [2.05, 4.69) is 31.2 Å². The molecule has 1 amide bonds. The zero-order valence-electron chi connectivity index (χ0n) is 17.1. The lowest BCUT2D eigenvalue weighted by atomic mass is 9.96. The highest BCUT2D eigenvalue weighted by Gasteiger charge is 2.33. The quantitative estimate of drug-likeness (QED) is 0.529. The van der Waals surface area contributed by atoms with Crippen LogP contribution >= 0.6 is 0 Å². The van der Waals surface area contributed by atoms with Crippen molar-refractivity contribution in [3.05, 3.63) is 24.3 Å². The lowest BCUT2D eigenvalue weighted by Crippen LogP contribution is -2.42. The van der Waals surface area contributed by atoms with Gasteiger partial charge in [-0.15, -0.1) is 0 Å². The summed E-state index contributed by atoms with van der Waals surface area (Å²) in [4.78, 5) is 14.8. The molecule has 5 nitrogen and oxygen atoms in total. The Hall–Kier alpha value is -1.59. The molecule has 5 heteroatoms. The summed E-state index contributed by atoms with van der Waals surface area (Å²) in [5.41, 5.74) is -0.0253. The molecule has 0 aliphatic heterocycles. The lowest BCUT2D eigenvalue weighted by Gasteiger charge is -2.28. The molecule has 0 radical (unpaired) electrons. The Morgan fingerprint density at radius 1 is 1.12 bits per heavy atom. The van der Waals surface area contributed by atoms with Crippen molar-refractivity contribution < 1.29 is 14.3 Å². The number of nitrogens with zero attached hydrogens (tertiary/aromatic N) is 1. The minimum absolute atomic E-state index is 0.0879. The third-order valence-electron chi connectivity index (χ3n) is 4.33. The number of anilines is 1. The van der Waals surface area contributed by atoms with Crippen LogP contribution < -0.4 is 10.1 Å². The van der Waals surface area contributed by atoms with Crippen LogP contribution in [0.4, 0.5) is 5.69 Å². The van der Waals surface area contributed by atoms with Crippen molar-refractivity contribution in [2.45, 2.75) is 58.5 Å². The lowest BCUT2D eigenvalue weighted by molar-refractivity contribution is -0.139. The largest absolute Gasteiger partial charge is 0.494 e. The fourth-order valence-corrected chi connectivity index (χ4v) is 2.75. The number of nitrogens with one attached hydrogen (secondary N) is 1. The first-order valence-corrected chi connectivity index (χ1v) is 9.74. The van der Waals surface area contributed by atoms with Crippen molar-refractivity contribution in [1.29, 1.82) is 0 Å². The highest BCUT2D eigenvalue weighted by atomic mass is 16.5. The number of amides is 1. The molecule has 148 valence electrons. The normalized spacial score (nSPS) is 13.5. The van der Waals surface area contributed by atoms with Crippen LogP contribution in [-0.2, 0) is 9.53 Å². The van der Waals surface area contributed by atoms with Gasteiger partial charge in [0.25, 0.3) is 5.91 Å². The first-order valence-electron chi connectivity index (χ1n) is 9.74. The summed E-state index contributed by atoms with van der Waals surface area (Å²) in [6, 6.07) is 7.52. The summed E-state index contributed by atoms with van der Waals surface area (Å²) < 4.78 is 11.5. The Labute approximate surface area is 159 Å². The smallest absolute Gasteiger partial charge is 0.256 e. The minimum atomic E-state index is -0.786. The predicted molar refractivity (Wildman–Crippen MR) is 108 cm³/mol. The van der Waals surface area contributed by atoms with Gasteiger partial charge in [-0.05, 0) is 65.0 Å².